The molecule has 0 unspecified atom stereocenters. The molecule has 0 aliphatic carbocycles. The summed E-state index contributed by atoms with van der Waals surface area (Å²) in [5.41, 5.74) is 3.05. The smallest absolute Gasteiger partial charge is 0.269 e. The zero-order valence-electron chi connectivity index (χ0n) is 12.6. The van der Waals surface area contributed by atoms with Gasteiger partial charge in [-0.3, -0.25) is 9.78 Å². The predicted octanol–water partition coefficient (Wildman–Crippen LogP) is 2.76. The summed E-state index contributed by atoms with van der Waals surface area (Å²) in [7, 11) is 1.88. The van der Waals surface area contributed by atoms with E-state index < -0.39 is 0 Å². The maximum absolute atomic E-state index is 12.4. The van der Waals surface area contributed by atoms with Crippen LogP contribution in [-0.2, 0) is 7.05 Å². The van der Waals surface area contributed by atoms with E-state index >= 15 is 0 Å². The van der Waals surface area contributed by atoms with Crippen LogP contribution in [0.15, 0.2) is 40.8 Å². The van der Waals surface area contributed by atoms with Crippen LogP contribution in [0.2, 0.25) is 0 Å². The Labute approximate surface area is 135 Å². The van der Waals surface area contributed by atoms with E-state index in [2.05, 4.69) is 19.9 Å². The van der Waals surface area contributed by atoms with E-state index in [-0.39, 0.29) is 5.56 Å². The number of nitrogens with one attached hydrogen (secondary N) is 1. The molecular weight excluding hydrogens is 310 g/mol. The fourth-order valence-electron chi connectivity index (χ4n) is 2.57. The molecule has 4 aromatic heterocycles. The number of H-pyrrole nitrogens is 1. The summed E-state index contributed by atoms with van der Waals surface area (Å²) >= 11 is 1.38. The Morgan fingerprint density at radius 3 is 2.83 bits per heavy atom. The highest BCUT2D eigenvalue weighted by molar-refractivity contribution is 7.17. The number of hydrogen-bond donors (Lipinski definition) is 1. The van der Waals surface area contributed by atoms with Gasteiger partial charge in [-0.15, -0.1) is 11.3 Å². The van der Waals surface area contributed by atoms with Crippen LogP contribution in [0.4, 0.5) is 0 Å². The number of aromatic nitrogens is 5. The number of fused-ring (bicyclic) bond motifs is 1. The lowest BCUT2D eigenvalue weighted by Gasteiger charge is -2.02. The molecule has 4 aromatic rings. The van der Waals surface area contributed by atoms with E-state index in [4.69, 9.17) is 0 Å². The van der Waals surface area contributed by atoms with Gasteiger partial charge in [0, 0.05) is 30.4 Å². The van der Waals surface area contributed by atoms with E-state index in [1.165, 1.54) is 11.3 Å². The minimum absolute atomic E-state index is 0.155. The van der Waals surface area contributed by atoms with Crippen LogP contribution in [0.3, 0.4) is 0 Å². The third-order valence-electron chi connectivity index (χ3n) is 3.58. The highest BCUT2D eigenvalue weighted by atomic mass is 32.1. The van der Waals surface area contributed by atoms with Crippen molar-refractivity contribution in [3.63, 3.8) is 0 Å². The molecule has 0 saturated carbocycles. The lowest BCUT2D eigenvalue weighted by molar-refractivity contribution is 0.907. The van der Waals surface area contributed by atoms with E-state index in [1.54, 1.807) is 6.20 Å². The molecule has 4 rings (SSSR count). The first kappa shape index (κ1) is 13.8. The van der Waals surface area contributed by atoms with Crippen molar-refractivity contribution in [1.82, 2.24) is 24.5 Å². The quantitative estimate of drug-likeness (QED) is 0.615. The second-order valence-electron chi connectivity index (χ2n) is 5.27. The molecular formula is C16H13N5OS. The second-order valence-corrected chi connectivity index (χ2v) is 6.15. The molecule has 0 aromatic carbocycles. The zero-order valence-corrected chi connectivity index (χ0v) is 13.4. The van der Waals surface area contributed by atoms with Gasteiger partial charge in [-0.1, -0.05) is 6.07 Å². The Morgan fingerprint density at radius 1 is 1.26 bits per heavy atom. The Bertz CT molecular complexity index is 1060. The van der Waals surface area contributed by atoms with Crippen molar-refractivity contribution in [2.45, 2.75) is 6.92 Å². The molecule has 0 atom stereocenters. The van der Waals surface area contributed by atoms with Gasteiger partial charge in [-0.25, -0.2) is 9.97 Å². The first-order chi connectivity index (χ1) is 11.1. The molecule has 0 spiro atoms. The zero-order chi connectivity index (χ0) is 16.0. The number of hydrogen-bond acceptors (Lipinski definition) is 5. The fourth-order valence-corrected chi connectivity index (χ4v) is 3.47. The largest absolute Gasteiger partial charge is 0.331 e. The molecule has 114 valence electrons. The fraction of sp³-hybridized carbons (Fsp3) is 0.125. The average Bonchev–Trinajstić information content (AvgIpc) is 3.11. The first-order valence-corrected chi connectivity index (χ1v) is 7.94. The number of aryl methyl sites for hydroxylation is 2. The van der Waals surface area contributed by atoms with Crippen molar-refractivity contribution in [3.8, 4) is 22.9 Å². The van der Waals surface area contributed by atoms with Gasteiger partial charge in [-0.2, -0.15) is 0 Å². The summed E-state index contributed by atoms with van der Waals surface area (Å²) in [5.74, 6) is 1.10. The van der Waals surface area contributed by atoms with Crippen LogP contribution in [0.5, 0.6) is 0 Å². The van der Waals surface area contributed by atoms with Gasteiger partial charge in [-0.05, 0) is 19.1 Å². The molecule has 1 N–H and O–H groups in total. The molecule has 7 heteroatoms. The Morgan fingerprint density at radius 2 is 2.13 bits per heavy atom. The predicted molar refractivity (Wildman–Crippen MR) is 90.4 cm³/mol. The van der Waals surface area contributed by atoms with E-state index in [0.717, 1.165) is 17.0 Å². The van der Waals surface area contributed by atoms with Crippen molar-refractivity contribution < 1.29 is 0 Å². The van der Waals surface area contributed by atoms with Gasteiger partial charge in [0.2, 0.25) is 0 Å². The maximum Gasteiger partial charge on any atom is 0.269 e. The summed E-state index contributed by atoms with van der Waals surface area (Å²) in [6.45, 7) is 1.91. The lowest BCUT2D eigenvalue weighted by atomic mass is 10.2. The standard InChI is InChI=1S/C16H13N5OS/c1-9-7-21(2)15(18-9)14-19-12-10(11-5-3-4-6-17-11)8-23-13(12)16(22)20-14/h3-8H,1-2H3,(H,19,20,22). The van der Waals surface area contributed by atoms with Crippen molar-refractivity contribution in [2.75, 3.05) is 0 Å². The van der Waals surface area contributed by atoms with Crippen LogP contribution >= 0.6 is 11.3 Å². The van der Waals surface area contributed by atoms with E-state index in [9.17, 15) is 4.79 Å². The number of imidazole rings is 1. The van der Waals surface area contributed by atoms with E-state index in [0.29, 0.717) is 21.9 Å². The minimum atomic E-state index is -0.155. The maximum atomic E-state index is 12.4. The van der Waals surface area contributed by atoms with Crippen molar-refractivity contribution in [3.05, 3.63) is 52.0 Å². The van der Waals surface area contributed by atoms with Gasteiger partial charge in [0.25, 0.3) is 5.56 Å². The van der Waals surface area contributed by atoms with Crippen molar-refractivity contribution >= 4 is 21.6 Å². The minimum Gasteiger partial charge on any atom is -0.331 e. The molecule has 0 aliphatic rings. The van der Waals surface area contributed by atoms with Gasteiger partial charge in [0.05, 0.1) is 16.9 Å². The molecule has 0 fully saturated rings. The Hall–Kier alpha value is -2.80. The van der Waals surface area contributed by atoms with Crippen LogP contribution < -0.4 is 5.56 Å². The summed E-state index contributed by atoms with van der Waals surface area (Å²) < 4.78 is 2.45. The van der Waals surface area contributed by atoms with Crippen LogP contribution in [0.1, 0.15) is 5.69 Å². The Balaban J connectivity index is 1.99. The average molecular weight is 323 g/mol. The van der Waals surface area contributed by atoms with Gasteiger partial charge in [0.15, 0.2) is 11.6 Å². The first-order valence-electron chi connectivity index (χ1n) is 7.07. The molecule has 4 heterocycles. The van der Waals surface area contributed by atoms with E-state index in [1.807, 2.05) is 48.3 Å². The second kappa shape index (κ2) is 5.13. The molecule has 0 amide bonds. The molecule has 0 bridgehead atoms. The summed E-state index contributed by atoms with van der Waals surface area (Å²) in [6.07, 6.45) is 3.63. The SMILES string of the molecule is Cc1cn(C)c(-c2nc3c(-c4ccccn4)csc3c(=O)[nH]2)n1. The number of rotatable bonds is 2. The molecule has 0 aliphatic heterocycles. The Kier molecular flexibility index (Phi) is 3.09. The third-order valence-corrected chi connectivity index (χ3v) is 4.54. The van der Waals surface area contributed by atoms with Crippen LogP contribution in [0, 0.1) is 6.92 Å². The van der Waals surface area contributed by atoms with Gasteiger partial charge in [0.1, 0.15) is 4.70 Å². The molecule has 23 heavy (non-hydrogen) atoms. The normalized spacial score (nSPS) is 11.2. The van der Waals surface area contributed by atoms with Crippen molar-refractivity contribution in [2.24, 2.45) is 7.05 Å². The summed E-state index contributed by atoms with van der Waals surface area (Å²) in [5, 5.41) is 1.92. The van der Waals surface area contributed by atoms with Crippen LogP contribution in [0.25, 0.3) is 33.1 Å². The lowest BCUT2D eigenvalue weighted by Crippen LogP contribution is -2.09. The summed E-state index contributed by atoms with van der Waals surface area (Å²) in [6, 6.07) is 5.69. The topological polar surface area (TPSA) is 76.5 Å². The van der Waals surface area contributed by atoms with Gasteiger partial charge < -0.3 is 9.55 Å². The monoisotopic (exact) mass is 323 g/mol. The highest BCUT2D eigenvalue weighted by Crippen LogP contribution is 2.30. The van der Waals surface area contributed by atoms with Crippen LogP contribution in [-0.4, -0.2) is 24.5 Å². The number of aromatic amines is 1. The van der Waals surface area contributed by atoms with Gasteiger partial charge >= 0.3 is 0 Å². The van der Waals surface area contributed by atoms with Crippen molar-refractivity contribution in [1.29, 1.82) is 0 Å². The number of pyridine rings is 1. The molecule has 0 radical (unpaired) electrons. The third kappa shape index (κ3) is 2.25. The highest BCUT2D eigenvalue weighted by Gasteiger charge is 2.16. The number of thiophene rings is 1. The number of nitrogens with zero attached hydrogens (tertiary/aromatic N) is 4. The molecule has 0 saturated heterocycles. The molecule has 6 nitrogen and oxygen atoms in total. The summed E-state index contributed by atoms with van der Waals surface area (Å²) in [4.78, 5) is 28.7.